The minimum atomic E-state index is -0.0878. The van der Waals surface area contributed by atoms with Crippen LogP contribution in [0, 0.1) is 10.5 Å². The van der Waals surface area contributed by atoms with Crippen LogP contribution >= 0.6 is 22.6 Å². The molecule has 0 aliphatic heterocycles. The lowest BCUT2D eigenvalue weighted by Crippen LogP contribution is -2.39. The van der Waals surface area contributed by atoms with E-state index < -0.39 is 0 Å². The summed E-state index contributed by atoms with van der Waals surface area (Å²) in [5, 5.41) is 0. The molecular weight excluding hydrogens is 351 g/mol. The molecule has 0 spiro atoms. The number of aromatic nitrogens is 2. The summed E-state index contributed by atoms with van der Waals surface area (Å²) < 4.78 is 0.684. The third-order valence-corrected chi connectivity index (χ3v) is 5.29. The predicted molar refractivity (Wildman–Crippen MR) is 83.4 cm³/mol. The quantitative estimate of drug-likeness (QED) is 0.830. The molecule has 1 heterocycles. The number of benzene rings is 1. The van der Waals surface area contributed by atoms with E-state index in [1.807, 2.05) is 25.1 Å². The number of nitrogens with one attached hydrogen (secondary N) is 1. The maximum Gasteiger partial charge on any atom is 0.264 e. The number of hydrogen-bond acceptors (Lipinski definition) is 2. The van der Waals surface area contributed by atoms with Gasteiger partial charge in [-0.05, 0) is 47.9 Å². The number of H-pyrrole nitrogens is 1. The number of aryl methyl sites for hydroxylation is 1. The van der Waals surface area contributed by atoms with Crippen LogP contribution in [0.4, 0.5) is 0 Å². The highest BCUT2D eigenvalue weighted by Gasteiger charge is 2.42. The number of aromatic amines is 1. The molecule has 0 radical (unpaired) electrons. The monoisotopic (exact) mass is 366 g/mol. The van der Waals surface area contributed by atoms with Gasteiger partial charge in [0, 0.05) is 0 Å². The van der Waals surface area contributed by atoms with Gasteiger partial charge in [-0.2, -0.15) is 0 Å². The Balaban J connectivity index is 2.16. The molecule has 1 fully saturated rings. The number of halogens is 1. The molecule has 98 valence electrons. The molecule has 1 aromatic heterocycles. The van der Waals surface area contributed by atoms with Gasteiger partial charge < -0.3 is 4.98 Å². The second-order valence-electron chi connectivity index (χ2n) is 5.12. The van der Waals surface area contributed by atoms with Crippen molar-refractivity contribution < 1.29 is 0 Å². The molecule has 0 atom stereocenters. The Morgan fingerprint density at radius 3 is 2.47 bits per heavy atom. The molecule has 0 unspecified atom stereocenters. The van der Waals surface area contributed by atoms with E-state index in [0.29, 0.717) is 3.57 Å². The standard InChI is InChI=1S/C15H15IN2O/c1-10-12(16)13(19)18-14(17-10)15(8-5-9-15)11-6-3-2-4-7-11/h2-4,6-7H,5,8-9H2,1H3,(H,17,18,19). The van der Waals surface area contributed by atoms with Gasteiger partial charge >= 0.3 is 0 Å². The van der Waals surface area contributed by atoms with E-state index in [0.717, 1.165) is 24.4 Å². The lowest BCUT2D eigenvalue weighted by molar-refractivity contribution is 0.284. The van der Waals surface area contributed by atoms with Crippen LogP contribution in [-0.2, 0) is 5.41 Å². The van der Waals surface area contributed by atoms with Crippen LogP contribution in [0.3, 0.4) is 0 Å². The molecule has 0 amide bonds. The molecule has 0 bridgehead atoms. The third-order valence-electron chi connectivity index (χ3n) is 4.02. The van der Waals surface area contributed by atoms with Gasteiger partial charge in [0.15, 0.2) is 0 Å². The zero-order chi connectivity index (χ0) is 13.5. The van der Waals surface area contributed by atoms with Crippen LogP contribution in [-0.4, -0.2) is 9.97 Å². The van der Waals surface area contributed by atoms with Gasteiger partial charge in [-0.25, -0.2) is 4.98 Å². The molecule has 1 N–H and O–H groups in total. The summed E-state index contributed by atoms with van der Waals surface area (Å²) in [5.74, 6) is 0.827. The number of rotatable bonds is 2. The SMILES string of the molecule is Cc1nc(C2(c3ccccc3)CCC2)[nH]c(=O)c1I. The topological polar surface area (TPSA) is 45.8 Å². The van der Waals surface area contributed by atoms with Gasteiger partial charge in [0.2, 0.25) is 0 Å². The summed E-state index contributed by atoms with van der Waals surface area (Å²) >= 11 is 2.05. The zero-order valence-corrected chi connectivity index (χ0v) is 12.9. The molecule has 2 aromatic rings. The van der Waals surface area contributed by atoms with E-state index in [4.69, 9.17) is 0 Å². The van der Waals surface area contributed by atoms with Gasteiger partial charge in [0.25, 0.3) is 5.56 Å². The van der Waals surface area contributed by atoms with Crippen molar-refractivity contribution in [2.45, 2.75) is 31.6 Å². The summed E-state index contributed by atoms with van der Waals surface area (Å²) in [7, 11) is 0. The minimum absolute atomic E-state index is 0.0229. The first kappa shape index (κ1) is 12.8. The van der Waals surface area contributed by atoms with Crippen molar-refractivity contribution in [1.82, 2.24) is 9.97 Å². The Morgan fingerprint density at radius 2 is 1.95 bits per heavy atom. The normalized spacial score (nSPS) is 16.9. The van der Waals surface area contributed by atoms with E-state index >= 15 is 0 Å². The molecule has 3 nitrogen and oxygen atoms in total. The maximum absolute atomic E-state index is 12.0. The van der Waals surface area contributed by atoms with Crippen LogP contribution in [0.2, 0.25) is 0 Å². The van der Waals surface area contributed by atoms with Crippen molar-refractivity contribution in [3.8, 4) is 0 Å². The van der Waals surface area contributed by atoms with E-state index in [9.17, 15) is 4.79 Å². The minimum Gasteiger partial charge on any atom is -0.309 e. The Hall–Kier alpha value is -1.17. The van der Waals surface area contributed by atoms with Crippen molar-refractivity contribution >= 4 is 22.6 Å². The Bertz CT molecular complexity index is 660. The Morgan fingerprint density at radius 1 is 1.26 bits per heavy atom. The highest BCUT2D eigenvalue weighted by molar-refractivity contribution is 14.1. The number of nitrogens with zero attached hydrogens (tertiary/aromatic N) is 1. The summed E-state index contributed by atoms with van der Waals surface area (Å²) in [5.41, 5.74) is 1.96. The molecule has 4 heteroatoms. The van der Waals surface area contributed by atoms with Gasteiger partial charge in [-0.3, -0.25) is 4.79 Å². The largest absolute Gasteiger partial charge is 0.309 e. The molecule has 1 aliphatic carbocycles. The maximum atomic E-state index is 12.0. The first-order valence-electron chi connectivity index (χ1n) is 6.46. The fraction of sp³-hybridized carbons (Fsp3) is 0.333. The van der Waals surface area contributed by atoms with E-state index in [-0.39, 0.29) is 11.0 Å². The van der Waals surface area contributed by atoms with Gasteiger partial charge in [0.1, 0.15) is 5.82 Å². The van der Waals surface area contributed by atoms with Crippen molar-refractivity contribution in [3.05, 3.63) is 61.3 Å². The van der Waals surface area contributed by atoms with Crippen molar-refractivity contribution in [2.24, 2.45) is 0 Å². The van der Waals surface area contributed by atoms with Crippen LogP contribution in [0.5, 0.6) is 0 Å². The molecule has 3 rings (SSSR count). The fourth-order valence-corrected chi connectivity index (χ4v) is 3.00. The summed E-state index contributed by atoms with van der Waals surface area (Å²) in [6.07, 6.45) is 3.30. The smallest absolute Gasteiger partial charge is 0.264 e. The molecule has 1 aromatic carbocycles. The van der Waals surface area contributed by atoms with Crippen molar-refractivity contribution in [1.29, 1.82) is 0 Å². The van der Waals surface area contributed by atoms with Gasteiger partial charge in [0.05, 0.1) is 14.7 Å². The highest BCUT2D eigenvalue weighted by atomic mass is 127. The zero-order valence-electron chi connectivity index (χ0n) is 10.7. The molecule has 19 heavy (non-hydrogen) atoms. The van der Waals surface area contributed by atoms with Crippen LogP contribution in [0.15, 0.2) is 35.1 Å². The summed E-state index contributed by atoms with van der Waals surface area (Å²) in [6, 6.07) is 10.4. The van der Waals surface area contributed by atoms with E-state index in [1.165, 1.54) is 12.0 Å². The molecule has 1 saturated carbocycles. The first-order valence-corrected chi connectivity index (χ1v) is 7.54. The highest BCUT2D eigenvalue weighted by Crippen LogP contribution is 2.47. The second kappa shape index (κ2) is 4.74. The van der Waals surface area contributed by atoms with Crippen molar-refractivity contribution in [3.63, 3.8) is 0 Å². The second-order valence-corrected chi connectivity index (χ2v) is 6.19. The van der Waals surface area contributed by atoms with Crippen LogP contribution in [0.25, 0.3) is 0 Å². The van der Waals surface area contributed by atoms with Gasteiger partial charge in [-0.1, -0.05) is 36.8 Å². The lowest BCUT2D eigenvalue weighted by atomic mass is 9.64. The van der Waals surface area contributed by atoms with Crippen LogP contribution < -0.4 is 5.56 Å². The Kier molecular flexibility index (Phi) is 3.20. The fourth-order valence-electron chi connectivity index (χ4n) is 2.75. The first-order chi connectivity index (χ1) is 9.13. The average molecular weight is 366 g/mol. The number of hydrogen-bond donors (Lipinski definition) is 1. The van der Waals surface area contributed by atoms with E-state index in [1.54, 1.807) is 0 Å². The van der Waals surface area contributed by atoms with Gasteiger partial charge in [-0.15, -0.1) is 0 Å². The van der Waals surface area contributed by atoms with E-state index in [2.05, 4.69) is 44.7 Å². The lowest BCUT2D eigenvalue weighted by Gasteiger charge is -2.41. The third kappa shape index (κ3) is 2.02. The predicted octanol–water partition coefficient (Wildman–Crippen LogP) is 3.15. The summed E-state index contributed by atoms with van der Waals surface area (Å²) in [6.45, 7) is 1.90. The van der Waals surface area contributed by atoms with Crippen molar-refractivity contribution in [2.75, 3.05) is 0 Å². The molecule has 1 aliphatic rings. The average Bonchev–Trinajstić information content (AvgIpc) is 2.36. The Labute approximate surface area is 125 Å². The van der Waals surface area contributed by atoms with Crippen LogP contribution in [0.1, 0.15) is 36.3 Å². The summed E-state index contributed by atoms with van der Waals surface area (Å²) in [4.78, 5) is 19.6. The molecular formula is C15H15IN2O. The molecule has 0 saturated heterocycles.